The summed E-state index contributed by atoms with van der Waals surface area (Å²) in [5, 5.41) is 9.01. The van der Waals surface area contributed by atoms with Gasteiger partial charge in [0.2, 0.25) is 0 Å². The van der Waals surface area contributed by atoms with E-state index in [4.69, 9.17) is 9.84 Å². The third kappa shape index (κ3) is 2.50. The van der Waals surface area contributed by atoms with Crippen LogP contribution >= 0.6 is 15.9 Å². The van der Waals surface area contributed by atoms with E-state index < -0.39 is 5.97 Å². The molecule has 1 aromatic rings. The van der Waals surface area contributed by atoms with Crippen molar-refractivity contribution in [3.63, 3.8) is 0 Å². The first kappa shape index (κ1) is 12.0. The van der Waals surface area contributed by atoms with Gasteiger partial charge in [-0.15, -0.1) is 0 Å². The Morgan fingerprint density at radius 3 is 2.47 bits per heavy atom. The van der Waals surface area contributed by atoms with Gasteiger partial charge in [-0.2, -0.15) is 0 Å². The van der Waals surface area contributed by atoms with Gasteiger partial charge in [-0.25, -0.2) is 4.79 Å². The summed E-state index contributed by atoms with van der Waals surface area (Å²) >= 11 is 3.22. The number of hydrogen-bond donors (Lipinski definition) is 1. The summed E-state index contributed by atoms with van der Waals surface area (Å²) < 4.78 is 5.60. The standard InChI is InChI=1S/C11H13BrO3/c1-6(2)7-4-8(11(13)14)10(12)9(5-7)15-3/h4-6H,1-3H3,(H,13,14). The van der Waals surface area contributed by atoms with Crippen molar-refractivity contribution in [2.75, 3.05) is 7.11 Å². The lowest BCUT2D eigenvalue weighted by atomic mass is 10.0. The molecule has 82 valence electrons. The van der Waals surface area contributed by atoms with Crippen LogP contribution in [0.15, 0.2) is 16.6 Å². The van der Waals surface area contributed by atoms with Gasteiger partial charge in [-0.1, -0.05) is 13.8 Å². The number of halogens is 1. The first-order valence-corrected chi connectivity index (χ1v) is 5.37. The molecule has 1 N–H and O–H groups in total. The third-order valence-corrected chi connectivity index (χ3v) is 3.00. The highest BCUT2D eigenvalue weighted by Crippen LogP contribution is 2.32. The Bertz CT molecular complexity index is 386. The highest BCUT2D eigenvalue weighted by atomic mass is 79.9. The van der Waals surface area contributed by atoms with Crippen LogP contribution in [0.1, 0.15) is 35.7 Å². The van der Waals surface area contributed by atoms with Crippen LogP contribution < -0.4 is 4.74 Å². The molecule has 0 heterocycles. The molecule has 0 aliphatic heterocycles. The zero-order valence-electron chi connectivity index (χ0n) is 8.87. The van der Waals surface area contributed by atoms with Crippen LogP contribution in [0, 0.1) is 0 Å². The minimum atomic E-state index is -0.956. The lowest BCUT2D eigenvalue weighted by Crippen LogP contribution is -2.02. The normalized spacial score (nSPS) is 10.5. The van der Waals surface area contributed by atoms with Crippen LogP contribution in [0.4, 0.5) is 0 Å². The maximum absolute atomic E-state index is 11.0. The van der Waals surface area contributed by atoms with Crippen molar-refractivity contribution < 1.29 is 14.6 Å². The van der Waals surface area contributed by atoms with E-state index in [1.54, 1.807) is 6.07 Å². The fourth-order valence-corrected chi connectivity index (χ4v) is 1.82. The number of aromatic carboxylic acids is 1. The summed E-state index contributed by atoms with van der Waals surface area (Å²) in [5.41, 5.74) is 1.19. The summed E-state index contributed by atoms with van der Waals surface area (Å²) in [6.45, 7) is 4.02. The van der Waals surface area contributed by atoms with E-state index in [1.165, 1.54) is 7.11 Å². The smallest absolute Gasteiger partial charge is 0.336 e. The Balaban J connectivity index is 3.38. The zero-order chi connectivity index (χ0) is 11.6. The molecule has 0 bridgehead atoms. The van der Waals surface area contributed by atoms with Crippen LogP contribution in [0.2, 0.25) is 0 Å². The Morgan fingerprint density at radius 1 is 1.47 bits per heavy atom. The van der Waals surface area contributed by atoms with Crippen molar-refractivity contribution in [1.29, 1.82) is 0 Å². The SMILES string of the molecule is COc1cc(C(C)C)cc(C(=O)O)c1Br. The fraction of sp³-hybridized carbons (Fsp3) is 0.364. The Kier molecular flexibility index (Phi) is 3.74. The molecule has 0 saturated heterocycles. The van der Waals surface area contributed by atoms with Crippen LogP contribution in [0.5, 0.6) is 5.75 Å². The highest BCUT2D eigenvalue weighted by molar-refractivity contribution is 9.10. The largest absolute Gasteiger partial charge is 0.496 e. The van der Waals surface area contributed by atoms with Crippen LogP contribution in [0.3, 0.4) is 0 Å². The molecule has 3 nitrogen and oxygen atoms in total. The number of benzene rings is 1. The Labute approximate surface area is 97.2 Å². The minimum Gasteiger partial charge on any atom is -0.496 e. The van der Waals surface area contributed by atoms with Crippen molar-refractivity contribution >= 4 is 21.9 Å². The molecule has 0 radical (unpaired) electrons. The van der Waals surface area contributed by atoms with E-state index in [0.29, 0.717) is 10.2 Å². The Morgan fingerprint density at radius 2 is 2.07 bits per heavy atom. The van der Waals surface area contributed by atoms with Gasteiger partial charge < -0.3 is 9.84 Å². The molecule has 0 aliphatic rings. The van der Waals surface area contributed by atoms with E-state index in [0.717, 1.165) is 5.56 Å². The van der Waals surface area contributed by atoms with Crippen LogP contribution in [0.25, 0.3) is 0 Å². The predicted octanol–water partition coefficient (Wildman–Crippen LogP) is 3.28. The van der Waals surface area contributed by atoms with Crippen molar-refractivity contribution in [2.24, 2.45) is 0 Å². The first-order valence-electron chi connectivity index (χ1n) is 4.58. The monoisotopic (exact) mass is 272 g/mol. The van der Waals surface area contributed by atoms with Crippen molar-refractivity contribution in [3.8, 4) is 5.75 Å². The van der Waals surface area contributed by atoms with E-state index in [1.807, 2.05) is 19.9 Å². The quantitative estimate of drug-likeness (QED) is 0.919. The molecule has 4 heteroatoms. The molecule has 0 fully saturated rings. The lowest BCUT2D eigenvalue weighted by Gasteiger charge is -2.12. The number of methoxy groups -OCH3 is 1. The summed E-state index contributed by atoms with van der Waals surface area (Å²) in [6, 6.07) is 3.51. The van der Waals surface area contributed by atoms with Gasteiger partial charge in [-0.05, 0) is 39.5 Å². The molecular weight excluding hydrogens is 260 g/mol. The van der Waals surface area contributed by atoms with Gasteiger partial charge in [0.15, 0.2) is 0 Å². The molecule has 0 aromatic heterocycles. The fourth-order valence-electron chi connectivity index (χ4n) is 1.26. The van der Waals surface area contributed by atoms with Gasteiger partial charge in [-0.3, -0.25) is 0 Å². The number of ether oxygens (including phenoxy) is 1. The summed E-state index contributed by atoms with van der Waals surface area (Å²) in [7, 11) is 1.52. The average molecular weight is 273 g/mol. The maximum atomic E-state index is 11.0. The number of carboxylic acid groups (broad SMARTS) is 1. The molecule has 0 aliphatic carbocycles. The predicted molar refractivity (Wildman–Crippen MR) is 61.7 cm³/mol. The highest BCUT2D eigenvalue weighted by Gasteiger charge is 2.15. The summed E-state index contributed by atoms with van der Waals surface area (Å²) in [4.78, 5) is 11.0. The number of hydrogen-bond acceptors (Lipinski definition) is 2. The van der Waals surface area contributed by atoms with E-state index in [-0.39, 0.29) is 11.5 Å². The second-order valence-electron chi connectivity index (χ2n) is 3.54. The molecule has 0 unspecified atom stereocenters. The Hall–Kier alpha value is -1.03. The van der Waals surface area contributed by atoms with Gasteiger partial charge in [0.1, 0.15) is 5.75 Å². The molecule has 0 saturated carbocycles. The molecule has 15 heavy (non-hydrogen) atoms. The van der Waals surface area contributed by atoms with Crippen LogP contribution in [-0.2, 0) is 0 Å². The first-order chi connectivity index (χ1) is 6.97. The maximum Gasteiger partial charge on any atom is 0.336 e. The van der Waals surface area contributed by atoms with Crippen molar-refractivity contribution in [1.82, 2.24) is 0 Å². The molecule has 1 rings (SSSR count). The topological polar surface area (TPSA) is 46.5 Å². The molecule has 0 atom stereocenters. The van der Waals surface area contributed by atoms with Gasteiger partial charge >= 0.3 is 5.97 Å². The number of carboxylic acids is 1. The van der Waals surface area contributed by atoms with Crippen molar-refractivity contribution in [3.05, 3.63) is 27.7 Å². The number of carbonyl (C=O) groups is 1. The molecular formula is C11H13BrO3. The lowest BCUT2D eigenvalue weighted by molar-refractivity contribution is 0.0695. The van der Waals surface area contributed by atoms with Crippen molar-refractivity contribution in [2.45, 2.75) is 19.8 Å². The zero-order valence-corrected chi connectivity index (χ0v) is 10.5. The second kappa shape index (κ2) is 4.66. The number of rotatable bonds is 3. The summed E-state index contributed by atoms with van der Waals surface area (Å²) in [6.07, 6.45) is 0. The van der Waals surface area contributed by atoms with Gasteiger partial charge in [0.25, 0.3) is 0 Å². The van der Waals surface area contributed by atoms with Gasteiger partial charge in [0, 0.05) is 0 Å². The van der Waals surface area contributed by atoms with Gasteiger partial charge in [0.05, 0.1) is 17.1 Å². The van der Waals surface area contributed by atoms with Crippen LogP contribution in [-0.4, -0.2) is 18.2 Å². The average Bonchev–Trinajstić information content (AvgIpc) is 2.17. The van der Waals surface area contributed by atoms with E-state index in [2.05, 4.69) is 15.9 Å². The second-order valence-corrected chi connectivity index (χ2v) is 4.34. The third-order valence-electron chi connectivity index (χ3n) is 2.18. The molecule has 1 aromatic carbocycles. The minimum absolute atomic E-state index is 0.234. The van der Waals surface area contributed by atoms with E-state index in [9.17, 15) is 4.79 Å². The summed E-state index contributed by atoms with van der Waals surface area (Å²) in [5.74, 6) is -0.133. The molecule has 0 spiro atoms. The molecule has 0 amide bonds. The van der Waals surface area contributed by atoms with E-state index >= 15 is 0 Å².